The Morgan fingerprint density at radius 2 is 1.79 bits per heavy atom. The highest BCUT2D eigenvalue weighted by atomic mass is 32.7. The van der Waals surface area contributed by atoms with Crippen molar-refractivity contribution < 1.29 is 13.6 Å². The summed E-state index contributed by atoms with van der Waals surface area (Å²) in [6.07, 6.45) is 6.21. The maximum Gasteiger partial charge on any atom is 0.255 e. The molecule has 0 amide bonds. The second-order valence-electron chi connectivity index (χ2n) is 5.95. The molecule has 19 heavy (non-hydrogen) atoms. The second-order valence-corrected chi connectivity index (χ2v) is 11.1. The lowest BCUT2D eigenvalue weighted by atomic mass is 9.98. The first-order valence-corrected chi connectivity index (χ1v) is 11.3. The molecule has 1 aliphatic carbocycles. The topological polar surface area (TPSA) is 26.3 Å². The van der Waals surface area contributed by atoms with Gasteiger partial charge in [-0.2, -0.15) is 0 Å². The number of quaternary nitrogens is 1. The van der Waals surface area contributed by atoms with Gasteiger partial charge in [-0.3, -0.25) is 4.57 Å². The molecule has 0 saturated heterocycles. The van der Waals surface area contributed by atoms with Gasteiger partial charge in [0, 0.05) is 6.66 Å². The van der Waals surface area contributed by atoms with E-state index < -0.39 is 6.57 Å². The predicted molar refractivity (Wildman–Crippen MR) is 86.1 cm³/mol. The van der Waals surface area contributed by atoms with Crippen LogP contribution in [0.1, 0.15) is 46.0 Å². The number of hydrogen-bond donors (Lipinski definition) is 0. The molecule has 0 aliphatic heterocycles. The van der Waals surface area contributed by atoms with E-state index in [0.717, 1.165) is 42.7 Å². The summed E-state index contributed by atoms with van der Waals surface area (Å²) in [6.45, 7) is 7.12. The SMILES string of the molecule is CC[N+](C)(CC)CCSP(C)(=O)OC1CCCCC1. The number of rotatable bonds is 8. The van der Waals surface area contributed by atoms with Crippen LogP contribution in [0.5, 0.6) is 0 Å². The van der Waals surface area contributed by atoms with Crippen molar-refractivity contribution >= 4 is 18.0 Å². The molecule has 1 atom stereocenters. The molecule has 1 fully saturated rings. The lowest BCUT2D eigenvalue weighted by Crippen LogP contribution is -2.45. The van der Waals surface area contributed by atoms with Crippen LogP contribution >= 0.6 is 18.0 Å². The maximum absolute atomic E-state index is 12.5. The fourth-order valence-electron chi connectivity index (χ4n) is 2.44. The van der Waals surface area contributed by atoms with Crippen molar-refractivity contribution in [3.05, 3.63) is 0 Å². The summed E-state index contributed by atoms with van der Waals surface area (Å²) >= 11 is 1.55. The van der Waals surface area contributed by atoms with Gasteiger partial charge in [-0.25, -0.2) is 0 Å². The van der Waals surface area contributed by atoms with Crippen LogP contribution in [0.3, 0.4) is 0 Å². The monoisotopic (exact) mass is 308 g/mol. The zero-order valence-electron chi connectivity index (χ0n) is 13.1. The first kappa shape index (κ1) is 17.6. The van der Waals surface area contributed by atoms with Crippen LogP contribution in [-0.4, -0.2) is 49.7 Å². The molecule has 0 N–H and O–H groups in total. The minimum Gasteiger partial charge on any atom is -0.326 e. The average molecular weight is 308 g/mol. The van der Waals surface area contributed by atoms with Crippen LogP contribution in [0.15, 0.2) is 0 Å². The molecule has 1 saturated carbocycles. The zero-order valence-corrected chi connectivity index (χ0v) is 14.8. The Hall–Kier alpha value is 0.500. The van der Waals surface area contributed by atoms with E-state index in [1.807, 2.05) is 0 Å². The maximum atomic E-state index is 12.5. The third-order valence-corrected chi connectivity index (χ3v) is 8.10. The van der Waals surface area contributed by atoms with E-state index in [1.165, 1.54) is 19.3 Å². The van der Waals surface area contributed by atoms with Gasteiger partial charge in [-0.15, -0.1) is 0 Å². The molecule has 0 heterocycles. The van der Waals surface area contributed by atoms with E-state index in [1.54, 1.807) is 18.0 Å². The average Bonchev–Trinajstić information content (AvgIpc) is 2.39. The fourth-order valence-corrected chi connectivity index (χ4v) is 5.89. The van der Waals surface area contributed by atoms with Crippen molar-refractivity contribution in [1.82, 2.24) is 0 Å². The Kier molecular flexibility index (Phi) is 7.45. The molecule has 3 nitrogen and oxygen atoms in total. The summed E-state index contributed by atoms with van der Waals surface area (Å²) in [5.41, 5.74) is 0. The predicted octanol–water partition coefficient (Wildman–Crippen LogP) is 4.38. The van der Waals surface area contributed by atoms with Crippen LogP contribution in [0, 0.1) is 0 Å². The van der Waals surface area contributed by atoms with E-state index in [2.05, 4.69) is 20.9 Å². The molecule has 1 aliphatic rings. The Bertz CT molecular complexity index is 302. The largest absolute Gasteiger partial charge is 0.326 e. The highest BCUT2D eigenvalue weighted by Gasteiger charge is 2.26. The highest BCUT2D eigenvalue weighted by Crippen LogP contribution is 2.58. The lowest BCUT2D eigenvalue weighted by molar-refractivity contribution is -0.903. The van der Waals surface area contributed by atoms with Crippen LogP contribution in [0.4, 0.5) is 0 Å². The first-order valence-electron chi connectivity index (χ1n) is 7.65. The summed E-state index contributed by atoms with van der Waals surface area (Å²) < 4.78 is 19.4. The van der Waals surface area contributed by atoms with E-state index in [9.17, 15) is 4.57 Å². The summed E-state index contributed by atoms with van der Waals surface area (Å²) in [7, 11) is 2.27. The summed E-state index contributed by atoms with van der Waals surface area (Å²) in [4.78, 5) is 0. The van der Waals surface area contributed by atoms with Gasteiger partial charge in [-0.05, 0) is 26.7 Å². The summed E-state index contributed by atoms with van der Waals surface area (Å²) in [5.74, 6) is 0.929. The Morgan fingerprint density at radius 1 is 1.21 bits per heavy atom. The third-order valence-electron chi connectivity index (χ3n) is 4.38. The van der Waals surface area contributed by atoms with Crippen LogP contribution in [0.25, 0.3) is 0 Å². The highest BCUT2D eigenvalue weighted by molar-refractivity contribution is 8.56. The first-order chi connectivity index (χ1) is 8.91. The fraction of sp³-hybridized carbons (Fsp3) is 1.00. The third kappa shape index (κ3) is 6.66. The lowest BCUT2D eigenvalue weighted by Gasteiger charge is -2.32. The molecular formula is C14H31NO2PS+. The molecule has 5 heteroatoms. The van der Waals surface area contributed by atoms with Gasteiger partial charge in [-0.1, -0.05) is 30.6 Å². The van der Waals surface area contributed by atoms with Crippen molar-refractivity contribution in [3.8, 4) is 0 Å². The Labute approximate surface area is 123 Å². The molecule has 0 spiro atoms. The van der Waals surface area contributed by atoms with Gasteiger partial charge in [0.05, 0.1) is 38.5 Å². The van der Waals surface area contributed by atoms with Gasteiger partial charge >= 0.3 is 0 Å². The molecule has 1 rings (SSSR count). The van der Waals surface area contributed by atoms with Crippen LogP contribution in [0.2, 0.25) is 0 Å². The van der Waals surface area contributed by atoms with E-state index in [-0.39, 0.29) is 6.10 Å². The summed E-state index contributed by atoms with van der Waals surface area (Å²) in [6, 6.07) is 0. The molecule has 0 bridgehead atoms. The normalized spacial score (nSPS) is 21.3. The van der Waals surface area contributed by atoms with E-state index in [0.29, 0.717) is 0 Å². The Balaban J connectivity index is 2.31. The molecular weight excluding hydrogens is 277 g/mol. The summed E-state index contributed by atoms with van der Waals surface area (Å²) in [5, 5.41) is 0. The van der Waals surface area contributed by atoms with Crippen molar-refractivity contribution in [2.24, 2.45) is 0 Å². The van der Waals surface area contributed by atoms with Crippen molar-refractivity contribution in [3.63, 3.8) is 0 Å². The minimum absolute atomic E-state index is 0.246. The molecule has 0 radical (unpaired) electrons. The van der Waals surface area contributed by atoms with Gasteiger partial charge < -0.3 is 9.01 Å². The smallest absolute Gasteiger partial charge is 0.255 e. The number of nitrogens with zero attached hydrogens (tertiary/aromatic N) is 1. The minimum atomic E-state index is -2.46. The van der Waals surface area contributed by atoms with E-state index >= 15 is 0 Å². The quantitative estimate of drug-likeness (QED) is 0.492. The van der Waals surface area contributed by atoms with Crippen LogP contribution in [-0.2, 0) is 9.09 Å². The molecule has 114 valence electrons. The molecule has 0 aromatic rings. The van der Waals surface area contributed by atoms with Crippen molar-refractivity contribution in [1.29, 1.82) is 0 Å². The van der Waals surface area contributed by atoms with Gasteiger partial charge in [0.15, 0.2) is 0 Å². The van der Waals surface area contributed by atoms with E-state index in [4.69, 9.17) is 4.52 Å². The second kappa shape index (κ2) is 8.07. The van der Waals surface area contributed by atoms with Gasteiger partial charge in [0.1, 0.15) is 0 Å². The van der Waals surface area contributed by atoms with Gasteiger partial charge in [0.25, 0.3) is 6.57 Å². The van der Waals surface area contributed by atoms with Gasteiger partial charge in [0.2, 0.25) is 0 Å². The number of hydrogen-bond acceptors (Lipinski definition) is 3. The standard InChI is InChI=1S/C14H31NO2PS/c1-5-15(3,6-2)12-13-19-18(4,16)17-14-10-8-7-9-11-14/h14H,5-13H2,1-4H3/q+1. The molecule has 0 aromatic heterocycles. The van der Waals surface area contributed by atoms with Crippen molar-refractivity contribution in [2.45, 2.75) is 52.1 Å². The van der Waals surface area contributed by atoms with Crippen molar-refractivity contribution in [2.75, 3.05) is 39.1 Å². The molecule has 0 aromatic carbocycles. The zero-order chi connectivity index (χ0) is 14.4. The van der Waals surface area contributed by atoms with Crippen LogP contribution < -0.4 is 0 Å². The molecule has 1 unspecified atom stereocenters. The Morgan fingerprint density at radius 3 is 2.32 bits per heavy atom.